The molecule has 0 saturated carbocycles. The molecule has 0 bridgehead atoms. The highest BCUT2D eigenvalue weighted by Crippen LogP contribution is 2.23. The van der Waals surface area contributed by atoms with Gasteiger partial charge in [-0.25, -0.2) is 0 Å². The Hall–Kier alpha value is -2.22. The third-order valence-corrected chi connectivity index (χ3v) is 5.53. The van der Waals surface area contributed by atoms with Crippen molar-refractivity contribution in [2.24, 2.45) is 0 Å². The smallest absolute Gasteiger partial charge is 0.243 e. The monoisotopic (exact) mass is 418 g/mol. The highest BCUT2D eigenvalue weighted by atomic mass is 35.5. The number of nitrogens with one attached hydrogen (secondary N) is 1. The van der Waals surface area contributed by atoms with E-state index in [4.69, 9.17) is 23.8 Å². The van der Waals surface area contributed by atoms with Crippen molar-refractivity contribution in [3.63, 3.8) is 0 Å². The third-order valence-electron chi connectivity index (χ3n) is 4.01. The number of aromatic amines is 1. The van der Waals surface area contributed by atoms with Crippen LogP contribution in [0.5, 0.6) is 0 Å². The summed E-state index contributed by atoms with van der Waals surface area (Å²) in [6, 6.07) is 11.7. The molecule has 0 saturated heterocycles. The normalized spacial score (nSPS) is 10.7. The lowest BCUT2D eigenvalue weighted by Gasteiger charge is -2.21. The number of halogens is 1. The Morgan fingerprint density at radius 2 is 2.26 bits per heavy atom. The number of carbonyl (C=O) groups is 1. The van der Waals surface area contributed by atoms with Crippen LogP contribution in [-0.2, 0) is 17.9 Å². The van der Waals surface area contributed by atoms with Crippen LogP contribution in [0, 0.1) is 11.7 Å². The summed E-state index contributed by atoms with van der Waals surface area (Å²) >= 11 is 12.8. The fourth-order valence-corrected chi connectivity index (χ4v) is 4.04. The molecular weight excluding hydrogens is 400 g/mol. The van der Waals surface area contributed by atoms with Crippen molar-refractivity contribution >= 4 is 41.1 Å². The summed E-state index contributed by atoms with van der Waals surface area (Å²) in [4.78, 5) is 15.7. The van der Waals surface area contributed by atoms with Gasteiger partial charge in [0.2, 0.25) is 5.91 Å². The van der Waals surface area contributed by atoms with Gasteiger partial charge >= 0.3 is 0 Å². The van der Waals surface area contributed by atoms with Gasteiger partial charge in [0.25, 0.3) is 0 Å². The number of thiophene rings is 1. The van der Waals surface area contributed by atoms with Gasteiger partial charge in [0, 0.05) is 17.0 Å². The molecular formula is C19H19ClN4OS2. The number of benzene rings is 1. The Bertz CT molecular complexity index is 1020. The number of aromatic nitrogens is 3. The largest absolute Gasteiger partial charge is 0.332 e. The Balaban J connectivity index is 1.84. The first kappa shape index (κ1) is 19.5. The van der Waals surface area contributed by atoms with E-state index in [0.29, 0.717) is 28.0 Å². The first-order chi connectivity index (χ1) is 13.0. The number of hydrogen-bond donors (Lipinski definition) is 1. The van der Waals surface area contributed by atoms with Crippen LogP contribution in [0.25, 0.3) is 11.4 Å². The zero-order valence-electron chi connectivity index (χ0n) is 14.8. The van der Waals surface area contributed by atoms with Crippen molar-refractivity contribution in [2.45, 2.75) is 20.0 Å². The van der Waals surface area contributed by atoms with E-state index in [9.17, 15) is 4.79 Å². The van der Waals surface area contributed by atoms with Crippen LogP contribution in [0.3, 0.4) is 0 Å². The minimum absolute atomic E-state index is 0.0641. The summed E-state index contributed by atoms with van der Waals surface area (Å²) in [5, 5.41) is 7.11. The molecule has 1 amide bonds. The van der Waals surface area contributed by atoms with Crippen LogP contribution in [0.4, 0.5) is 0 Å². The summed E-state index contributed by atoms with van der Waals surface area (Å²) in [6.07, 6.45) is 1.71. The summed E-state index contributed by atoms with van der Waals surface area (Å²) in [5.74, 6) is 0.584. The van der Waals surface area contributed by atoms with E-state index in [0.717, 1.165) is 16.0 Å². The maximum atomic E-state index is 13.0. The Labute approximate surface area is 171 Å². The van der Waals surface area contributed by atoms with Crippen molar-refractivity contribution < 1.29 is 4.79 Å². The van der Waals surface area contributed by atoms with Gasteiger partial charge in [-0.1, -0.05) is 41.4 Å². The summed E-state index contributed by atoms with van der Waals surface area (Å²) in [7, 11) is 0. The molecule has 27 heavy (non-hydrogen) atoms. The second-order valence-electron chi connectivity index (χ2n) is 6.08. The molecule has 0 spiro atoms. The average Bonchev–Trinajstić information content (AvgIpc) is 3.20. The molecule has 1 aromatic carbocycles. The maximum Gasteiger partial charge on any atom is 0.243 e. The van der Waals surface area contributed by atoms with E-state index in [1.807, 2.05) is 43.3 Å². The van der Waals surface area contributed by atoms with Crippen molar-refractivity contribution in [1.29, 1.82) is 0 Å². The molecule has 0 radical (unpaired) electrons. The SMILES string of the molecule is C=CCN(Cc1ccc(Cl)s1)C(=O)Cn1c(-c2cccc(C)c2)n[nH]c1=S. The van der Waals surface area contributed by atoms with Gasteiger partial charge in [0.1, 0.15) is 6.54 Å². The van der Waals surface area contributed by atoms with Gasteiger partial charge in [-0.15, -0.1) is 17.9 Å². The van der Waals surface area contributed by atoms with Crippen molar-refractivity contribution in [3.05, 3.63) is 68.6 Å². The van der Waals surface area contributed by atoms with E-state index < -0.39 is 0 Å². The summed E-state index contributed by atoms with van der Waals surface area (Å²) < 4.78 is 2.84. The molecule has 3 aromatic rings. The van der Waals surface area contributed by atoms with Crippen molar-refractivity contribution in [3.8, 4) is 11.4 Å². The first-order valence-electron chi connectivity index (χ1n) is 8.33. The summed E-state index contributed by atoms with van der Waals surface area (Å²) in [5.41, 5.74) is 2.03. The molecule has 1 N–H and O–H groups in total. The quantitative estimate of drug-likeness (QED) is 0.441. The fraction of sp³-hybridized carbons (Fsp3) is 0.211. The second kappa shape index (κ2) is 8.65. The topological polar surface area (TPSA) is 53.9 Å². The molecule has 0 unspecified atom stereocenters. The fourth-order valence-electron chi connectivity index (χ4n) is 2.74. The zero-order chi connectivity index (χ0) is 19.4. The molecule has 5 nitrogen and oxygen atoms in total. The van der Waals surface area contributed by atoms with E-state index in [2.05, 4.69) is 16.8 Å². The minimum Gasteiger partial charge on any atom is -0.332 e. The Morgan fingerprint density at radius 3 is 2.93 bits per heavy atom. The molecule has 0 aliphatic rings. The van der Waals surface area contributed by atoms with E-state index in [1.54, 1.807) is 15.5 Å². The third kappa shape index (κ3) is 4.74. The number of H-pyrrole nitrogens is 1. The molecule has 0 atom stereocenters. The second-order valence-corrected chi connectivity index (χ2v) is 8.26. The lowest BCUT2D eigenvalue weighted by molar-refractivity contribution is -0.131. The minimum atomic E-state index is -0.0641. The standard InChI is InChI=1S/C19H19ClN4OS2/c1-3-9-23(11-15-7-8-16(20)27-15)17(25)12-24-18(21-22-19(24)26)14-6-4-5-13(2)10-14/h3-8,10H,1,9,11-12H2,2H3,(H,22,26). The number of rotatable bonds is 7. The molecule has 0 aliphatic heterocycles. The Morgan fingerprint density at radius 1 is 1.44 bits per heavy atom. The first-order valence-corrected chi connectivity index (χ1v) is 9.93. The van der Waals surface area contributed by atoms with Crippen LogP contribution < -0.4 is 0 Å². The van der Waals surface area contributed by atoms with Gasteiger partial charge in [-0.2, -0.15) is 5.10 Å². The number of hydrogen-bond acceptors (Lipinski definition) is 4. The molecule has 2 aromatic heterocycles. The predicted octanol–water partition coefficient (Wildman–Crippen LogP) is 4.85. The summed E-state index contributed by atoms with van der Waals surface area (Å²) in [6.45, 7) is 6.79. The molecule has 0 fully saturated rings. The van der Waals surface area contributed by atoms with Crippen LogP contribution in [-0.4, -0.2) is 32.1 Å². The van der Waals surface area contributed by atoms with Gasteiger partial charge in [0.15, 0.2) is 10.6 Å². The van der Waals surface area contributed by atoms with Gasteiger partial charge in [-0.05, 0) is 37.3 Å². The molecule has 3 rings (SSSR count). The maximum absolute atomic E-state index is 13.0. The van der Waals surface area contributed by atoms with Gasteiger partial charge < -0.3 is 4.90 Å². The van der Waals surface area contributed by atoms with Crippen LogP contribution in [0.2, 0.25) is 4.34 Å². The number of carbonyl (C=O) groups excluding carboxylic acids is 1. The number of aryl methyl sites for hydroxylation is 1. The molecule has 8 heteroatoms. The van der Waals surface area contributed by atoms with Crippen LogP contribution >= 0.6 is 35.2 Å². The van der Waals surface area contributed by atoms with E-state index >= 15 is 0 Å². The van der Waals surface area contributed by atoms with Crippen molar-refractivity contribution in [2.75, 3.05) is 6.54 Å². The van der Waals surface area contributed by atoms with Crippen LogP contribution in [0.15, 0.2) is 49.1 Å². The molecule has 2 heterocycles. The average molecular weight is 419 g/mol. The highest BCUT2D eigenvalue weighted by molar-refractivity contribution is 7.71. The van der Waals surface area contributed by atoms with Crippen molar-refractivity contribution in [1.82, 2.24) is 19.7 Å². The predicted molar refractivity (Wildman–Crippen MR) is 113 cm³/mol. The number of nitrogens with zero attached hydrogens (tertiary/aromatic N) is 3. The van der Waals surface area contributed by atoms with Gasteiger partial charge in [0.05, 0.1) is 10.9 Å². The molecule has 0 aliphatic carbocycles. The highest BCUT2D eigenvalue weighted by Gasteiger charge is 2.18. The Kier molecular flexibility index (Phi) is 6.26. The lowest BCUT2D eigenvalue weighted by atomic mass is 10.1. The zero-order valence-corrected chi connectivity index (χ0v) is 17.2. The van der Waals surface area contributed by atoms with Crippen LogP contribution in [0.1, 0.15) is 10.4 Å². The number of amides is 1. The lowest BCUT2D eigenvalue weighted by Crippen LogP contribution is -2.33. The van der Waals surface area contributed by atoms with E-state index in [-0.39, 0.29) is 12.5 Å². The molecule has 140 valence electrons. The van der Waals surface area contributed by atoms with Gasteiger partial charge in [-0.3, -0.25) is 14.5 Å². The van der Waals surface area contributed by atoms with E-state index in [1.165, 1.54) is 11.3 Å².